The number of rotatable bonds is 3. The normalized spacial score (nSPS) is 42.2. The van der Waals surface area contributed by atoms with Crippen LogP contribution in [0, 0.1) is 46.3 Å². The highest BCUT2D eigenvalue weighted by atomic mass is 16.2. The molecular weight excluding hydrogens is 368 g/mol. The monoisotopic (exact) mass is 422 g/mol. The smallest absolute Gasteiger partial charge is 0.120 e. The fourth-order valence-electron chi connectivity index (χ4n) is 8.59. The molecule has 4 aliphatic carbocycles. The summed E-state index contributed by atoms with van der Waals surface area (Å²) < 4.78 is 0. The Morgan fingerprint density at radius 1 is 0.833 bits per heavy atom. The summed E-state index contributed by atoms with van der Waals surface area (Å²) >= 11 is 0. The summed E-state index contributed by atoms with van der Waals surface area (Å²) in [6.45, 7) is 15.6. The average Bonchev–Trinajstić information content (AvgIpc) is 3.15. The van der Waals surface area contributed by atoms with E-state index in [1.54, 1.807) is 0 Å². The SMILES string of the molecule is CC.CC.CO.C[C@H](CC=O)C1CCC2C3CCC4CCCCC4(C)C3CCC21C. The van der Waals surface area contributed by atoms with E-state index < -0.39 is 0 Å². The van der Waals surface area contributed by atoms with Gasteiger partial charge in [-0.1, -0.05) is 61.3 Å². The first-order valence-corrected chi connectivity index (χ1v) is 13.4. The molecule has 0 bridgehead atoms. The van der Waals surface area contributed by atoms with Crippen molar-refractivity contribution in [1.82, 2.24) is 0 Å². The van der Waals surface area contributed by atoms with Crippen molar-refractivity contribution in [3.8, 4) is 0 Å². The summed E-state index contributed by atoms with van der Waals surface area (Å²) in [7, 11) is 1.00. The Balaban J connectivity index is 0.000000691. The highest BCUT2D eigenvalue weighted by molar-refractivity contribution is 5.49. The molecule has 0 heterocycles. The predicted octanol–water partition coefficient (Wildman–Crippen LogP) is 7.92. The van der Waals surface area contributed by atoms with Crippen LogP contribution >= 0.6 is 0 Å². The van der Waals surface area contributed by atoms with Crippen LogP contribution in [-0.2, 0) is 4.79 Å². The zero-order valence-electron chi connectivity index (χ0n) is 21.7. The molecule has 4 fully saturated rings. The van der Waals surface area contributed by atoms with Crippen molar-refractivity contribution >= 4 is 6.29 Å². The van der Waals surface area contributed by atoms with E-state index in [0.717, 1.165) is 43.1 Å². The van der Waals surface area contributed by atoms with Crippen LogP contribution in [0.3, 0.4) is 0 Å². The van der Waals surface area contributed by atoms with Crippen molar-refractivity contribution in [2.24, 2.45) is 46.3 Å². The molecule has 0 aromatic rings. The topological polar surface area (TPSA) is 37.3 Å². The van der Waals surface area contributed by atoms with Gasteiger partial charge < -0.3 is 9.90 Å². The van der Waals surface area contributed by atoms with Gasteiger partial charge in [0.2, 0.25) is 0 Å². The molecule has 1 N–H and O–H groups in total. The van der Waals surface area contributed by atoms with Gasteiger partial charge in [0.05, 0.1) is 0 Å². The van der Waals surface area contributed by atoms with Gasteiger partial charge in [-0.15, -0.1) is 0 Å². The van der Waals surface area contributed by atoms with E-state index in [-0.39, 0.29) is 0 Å². The minimum Gasteiger partial charge on any atom is -0.400 e. The highest BCUT2D eigenvalue weighted by Crippen LogP contribution is 2.68. The average molecular weight is 423 g/mol. The predicted molar refractivity (Wildman–Crippen MR) is 131 cm³/mol. The third-order valence-corrected chi connectivity index (χ3v) is 9.81. The second-order valence-corrected chi connectivity index (χ2v) is 10.5. The summed E-state index contributed by atoms with van der Waals surface area (Å²) in [5.74, 6) is 5.38. The van der Waals surface area contributed by atoms with Gasteiger partial charge in [0, 0.05) is 13.5 Å². The van der Waals surface area contributed by atoms with Crippen molar-refractivity contribution in [3.05, 3.63) is 0 Å². The van der Waals surface area contributed by atoms with E-state index in [1.807, 2.05) is 27.7 Å². The van der Waals surface area contributed by atoms with E-state index in [0.29, 0.717) is 16.7 Å². The van der Waals surface area contributed by atoms with Gasteiger partial charge in [0.25, 0.3) is 0 Å². The van der Waals surface area contributed by atoms with Crippen LogP contribution in [0.2, 0.25) is 0 Å². The van der Waals surface area contributed by atoms with Crippen LogP contribution < -0.4 is 0 Å². The summed E-state index contributed by atoms with van der Waals surface area (Å²) in [5.41, 5.74) is 1.19. The number of carbonyl (C=O) groups is 1. The van der Waals surface area contributed by atoms with Crippen LogP contribution in [0.5, 0.6) is 0 Å². The molecule has 0 aliphatic heterocycles. The Hall–Kier alpha value is -0.370. The zero-order chi connectivity index (χ0) is 22.9. The Labute approximate surface area is 189 Å². The number of aliphatic hydroxyl groups excluding tert-OH is 1. The van der Waals surface area contributed by atoms with Crippen molar-refractivity contribution in [2.75, 3.05) is 7.11 Å². The Morgan fingerprint density at radius 3 is 2.10 bits per heavy atom. The number of hydrogen-bond acceptors (Lipinski definition) is 2. The lowest BCUT2D eigenvalue weighted by Crippen LogP contribution is -2.53. The summed E-state index contributed by atoms with van der Waals surface area (Å²) in [6.07, 6.45) is 16.7. The molecule has 0 aromatic heterocycles. The summed E-state index contributed by atoms with van der Waals surface area (Å²) in [5, 5.41) is 7.00. The van der Waals surface area contributed by atoms with Crippen LogP contribution in [-0.4, -0.2) is 18.5 Å². The van der Waals surface area contributed by atoms with Crippen molar-refractivity contribution in [3.63, 3.8) is 0 Å². The highest BCUT2D eigenvalue weighted by Gasteiger charge is 2.59. The second-order valence-electron chi connectivity index (χ2n) is 10.5. The maximum atomic E-state index is 11.1. The van der Waals surface area contributed by atoms with Crippen molar-refractivity contribution < 1.29 is 9.90 Å². The quantitative estimate of drug-likeness (QED) is 0.469. The molecule has 30 heavy (non-hydrogen) atoms. The van der Waals surface area contributed by atoms with Gasteiger partial charge in [0.15, 0.2) is 0 Å². The van der Waals surface area contributed by atoms with E-state index in [2.05, 4.69) is 20.8 Å². The molecule has 178 valence electrons. The first-order chi connectivity index (χ1) is 14.5. The van der Waals surface area contributed by atoms with Crippen LogP contribution in [0.25, 0.3) is 0 Å². The fourth-order valence-corrected chi connectivity index (χ4v) is 8.59. The Kier molecular flexibility index (Phi) is 11.6. The van der Waals surface area contributed by atoms with E-state index in [9.17, 15) is 4.79 Å². The molecule has 4 aliphatic rings. The van der Waals surface area contributed by atoms with Crippen molar-refractivity contribution in [1.29, 1.82) is 0 Å². The Morgan fingerprint density at radius 2 is 1.47 bits per heavy atom. The van der Waals surface area contributed by atoms with Gasteiger partial charge in [-0.3, -0.25) is 0 Å². The number of carbonyl (C=O) groups excluding carboxylic acids is 1. The molecule has 7 unspecified atom stereocenters. The molecule has 0 amide bonds. The number of fused-ring (bicyclic) bond motifs is 5. The first-order valence-electron chi connectivity index (χ1n) is 13.4. The van der Waals surface area contributed by atoms with Crippen LogP contribution in [0.1, 0.15) is 119 Å². The van der Waals surface area contributed by atoms with Gasteiger partial charge >= 0.3 is 0 Å². The summed E-state index contributed by atoms with van der Waals surface area (Å²) in [6, 6.07) is 0. The number of aliphatic hydroxyl groups is 1. The number of aldehydes is 1. The first kappa shape index (κ1) is 27.7. The molecule has 0 aromatic carbocycles. The molecule has 0 radical (unpaired) electrons. The molecule has 8 atom stereocenters. The van der Waals surface area contributed by atoms with Gasteiger partial charge in [-0.25, -0.2) is 0 Å². The van der Waals surface area contributed by atoms with E-state index >= 15 is 0 Å². The van der Waals surface area contributed by atoms with Crippen molar-refractivity contribution in [2.45, 2.75) is 119 Å². The minimum atomic E-state index is 0.529. The van der Waals surface area contributed by atoms with Crippen LogP contribution in [0.15, 0.2) is 0 Å². The zero-order valence-corrected chi connectivity index (χ0v) is 21.7. The Bertz CT molecular complexity index is 489. The standard InChI is InChI=1S/C23H38O.2C2H6.CH4O/c1-16(12-15-24)19-9-10-20-18-8-7-17-6-4-5-13-22(17,2)21(18)11-14-23(19,20)3;3*1-2/h15-21H,4-14H2,1-3H3;2*1-2H3;2H,1H3/t16-,17?,18?,19?,20?,21?,22?,23?;;;/m1.../s1. The molecular formula is C28H54O2. The van der Waals surface area contributed by atoms with Gasteiger partial charge in [0.1, 0.15) is 6.29 Å². The lowest BCUT2D eigenvalue weighted by atomic mass is 9.44. The van der Waals surface area contributed by atoms with Gasteiger partial charge in [-0.2, -0.15) is 0 Å². The molecule has 0 spiro atoms. The van der Waals surface area contributed by atoms with Gasteiger partial charge in [-0.05, 0) is 97.7 Å². The number of hydrogen-bond donors (Lipinski definition) is 1. The maximum absolute atomic E-state index is 11.1. The van der Waals surface area contributed by atoms with Crippen LogP contribution in [0.4, 0.5) is 0 Å². The maximum Gasteiger partial charge on any atom is 0.120 e. The third kappa shape index (κ3) is 5.00. The fraction of sp³-hybridized carbons (Fsp3) is 0.964. The molecule has 2 nitrogen and oxygen atoms in total. The molecule has 2 heteroatoms. The van der Waals surface area contributed by atoms with E-state index in [1.165, 1.54) is 70.5 Å². The molecule has 0 saturated heterocycles. The molecule has 4 saturated carbocycles. The minimum absolute atomic E-state index is 0.529. The summed E-state index contributed by atoms with van der Waals surface area (Å²) in [4.78, 5) is 11.1. The largest absolute Gasteiger partial charge is 0.400 e. The lowest BCUT2D eigenvalue weighted by molar-refractivity contribution is -0.117. The second kappa shape index (κ2) is 12.6. The lowest BCUT2D eigenvalue weighted by Gasteiger charge is -2.60. The van der Waals surface area contributed by atoms with E-state index in [4.69, 9.17) is 5.11 Å². The third-order valence-electron chi connectivity index (χ3n) is 9.81. The molecule has 4 rings (SSSR count).